The van der Waals surface area contributed by atoms with Gasteiger partial charge in [-0.3, -0.25) is 14.3 Å². The number of aromatic nitrogens is 2. The molecule has 4 rings (SSSR count). The molecule has 2 saturated carbocycles. The zero-order valence-corrected chi connectivity index (χ0v) is 23.5. The molecule has 2 aromatic rings. The number of hydrogen-bond donors (Lipinski definition) is 3. The number of carbonyl (C=O) groups excluding carboxylic acids is 1. The van der Waals surface area contributed by atoms with E-state index in [0.717, 1.165) is 44.2 Å². The highest BCUT2D eigenvalue weighted by molar-refractivity contribution is 7.89. The Labute approximate surface area is 231 Å². The number of carboxylic acids is 1. The van der Waals surface area contributed by atoms with E-state index in [2.05, 4.69) is 15.1 Å². The number of nitrogens with zero attached hydrogens (tertiary/aromatic N) is 2. The largest absolute Gasteiger partial charge is 0.481 e. The molecule has 9 nitrogen and oxygen atoms in total. The van der Waals surface area contributed by atoms with Crippen molar-refractivity contribution in [3.05, 3.63) is 35.5 Å². The number of rotatable bonds is 8. The van der Waals surface area contributed by atoms with Crippen molar-refractivity contribution in [1.82, 2.24) is 19.8 Å². The normalized spacial score (nSPS) is 20.6. The lowest BCUT2D eigenvalue weighted by molar-refractivity contribution is -0.145. The molecule has 2 fully saturated rings. The Morgan fingerprint density at radius 3 is 2.30 bits per heavy atom. The standard InChI is InChI=1S/C27H35F3N4O5S/c1-26(2,3)33-40(38,39)23-10-9-17(13-20(23)27(28,29)30)22-14-21(24(35)31-19-11-18(12-19)25(36)37)32-34(22)15-16-7-5-4-6-8-16/h9-10,13-14,16,18-19,33H,4-8,11-12,15H2,1-3H3,(H,31,35)(H,36,37). The fraction of sp³-hybridized carbons (Fsp3) is 0.593. The number of alkyl halides is 3. The average Bonchev–Trinajstić information content (AvgIpc) is 3.22. The summed E-state index contributed by atoms with van der Waals surface area (Å²) in [6, 6.07) is 4.10. The van der Waals surface area contributed by atoms with Crippen molar-refractivity contribution in [1.29, 1.82) is 0 Å². The fourth-order valence-electron chi connectivity index (χ4n) is 5.31. The summed E-state index contributed by atoms with van der Waals surface area (Å²) in [6.45, 7) is 5.01. The summed E-state index contributed by atoms with van der Waals surface area (Å²) < 4.78 is 72.1. The third-order valence-electron chi connectivity index (χ3n) is 7.30. The lowest BCUT2D eigenvalue weighted by Crippen LogP contribution is -2.46. The highest BCUT2D eigenvalue weighted by Gasteiger charge is 2.39. The van der Waals surface area contributed by atoms with Gasteiger partial charge in [-0.25, -0.2) is 13.1 Å². The molecule has 40 heavy (non-hydrogen) atoms. The number of amides is 1. The maximum absolute atomic E-state index is 14.2. The summed E-state index contributed by atoms with van der Waals surface area (Å²) in [5.74, 6) is -1.74. The van der Waals surface area contributed by atoms with Crippen LogP contribution in [0.1, 0.15) is 81.8 Å². The lowest BCUT2D eigenvalue weighted by Gasteiger charge is -2.32. The molecule has 3 N–H and O–H groups in total. The second-order valence-electron chi connectivity index (χ2n) is 11.8. The maximum Gasteiger partial charge on any atom is 0.417 e. The Bertz CT molecular complexity index is 1370. The van der Waals surface area contributed by atoms with E-state index in [1.54, 1.807) is 0 Å². The van der Waals surface area contributed by atoms with Gasteiger partial charge in [-0.15, -0.1) is 0 Å². The van der Waals surface area contributed by atoms with Gasteiger partial charge in [-0.05, 0) is 70.6 Å². The van der Waals surface area contributed by atoms with Crippen LogP contribution in [0.25, 0.3) is 11.3 Å². The summed E-state index contributed by atoms with van der Waals surface area (Å²) in [5, 5.41) is 16.3. The van der Waals surface area contributed by atoms with Crippen LogP contribution in [-0.4, -0.2) is 46.8 Å². The molecule has 0 radical (unpaired) electrons. The van der Waals surface area contributed by atoms with Crippen molar-refractivity contribution < 1.29 is 36.3 Å². The number of sulfonamides is 1. The lowest BCUT2D eigenvalue weighted by atomic mass is 9.80. The molecule has 0 bridgehead atoms. The molecule has 2 aliphatic carbocycles. The number of aliphatic carboxylic acids is 1. The van der Waals surface area contributed by atoms with Crippen LogP contribution in [-0.2, 0) is 27.5 Å². The first kappa shape index (κ1) is 30.0. The number of nitrogens with one attached hydrogen (secondary N) is 2. The molecule has 1 aromatic heterocycles. The number of hydrogen-bond acceptors (Lipinski definition) is 5. The van der Waals surface area contributed by atoms with E-state index < -0.39 is 50.0 Å². The maximum atomic E-state index is 14.2. The van der Waals surface area contributed by atoms with Crippen LogP contribution in [0.3, 0.4) is 0 Å². The van der Waals surface area contributed by atoms with Crippen LogP contribution in [0, 0.1) is 11.8 Å². The van der Waals surface area contributed by atoms with Gasteiger partial charge in [0.15, 0.2) is 5.69 Å². The predicted molar refractivity (Wildman–Crippen MR) is 141 cm³/mol. The van der Waals surface area contributed by atoms with E-state index in [-0.39, 0.29) is 28.9 Å². The zero-order valence-electron chi connectivity index (χ0n) is 22.7. The molecular weight excluding hydrogens is 549 g/mol. The molecule has 13 heteroatoms. The molecule has 2 aliphatic rings. The Kier molecular flexibility index (Phi) is 8.38. The third kappa shape index (κ3) is 7.03. The minimum atomic E-state index is -4.96. The molecule has 1 aromatic carbocycles. The first-order chi connectivity index (χ1) is 18.5. The topological polar surface area (TPSA) is 130 Å². The van der Waals surface area contributed by atoms with Gasteiger partial charge in [0.25, 0.3) is 5.91 Å². The molecule has 0 atom stereocenters. The minimum absolute atomic E-state index is 0.00393. The number of benzene rings is 1. The van der Waals surface area contributed by atoms with Gasteiger partial charge in [-0.1, -0.05) is 25.3 Å². The number of halogens is 3. The Morgan fingerprint density at radius 1 is 1.07 bits per heavy atom. The van der Waals surface area contributed by atoms with Gasteiger partial charge in [-0.2, -0.15) is 18.3 Å². The van der Waals surface area contributed by atoms with Crippen molar-refractivity contribution in [3.63, 3.8) is 0 Å². The van der Waals surface area contributed by atoms with Gasteiger partial charge in [0.2, 0.25) is 10.0 Å². The summed E-state index contributed by atoms with van der Waals surface area (Å²) in [7, 11) is -4.49. The van der Waals surface area contributed by atoms with Crippen molar-refractivity contribution >= 4 is 21.9 Å². The van der Waals surface area contributed by atoms with E-state index in [0.29, 0.717) is 19.4 Å². The molecule has 0 unspecified atom stereocenters. The number of carbonyl (C=O) groups is 2. The van der Waals surface area contributed by atoms with Crippen LogP contribution in [0.5, 0.6) is 0 Å². The van der Waals surface area contributed by atoms with Crippen molar-refractivity contribution in [2.24, 2.45) is 11.8 Å². The average molecular weight is 585 g/mol. The fourth-order valence-corrected chi connectivity index (χ4v) is 6.94. The van der Waals surface area contributed by atoms with E-state index in [9.17, 15) is 31.2 Å². The van der Waals surface area contributed by atoms with Crippen LogP contribution in [0.2, 0.25) is 0 Å². The first-order valence-electron chi connectivity index (χ1n) is 13.4. The predicted octanol–water partition coefficient (Wildman–Crippen LogP) is 4.82. The molecular formula is C27H35F3N4O5S. The first-order valence-corrected chi connectivity index (χ1v) is 14.9. The molecule has 0 aliphatic heterocycles. The van der Waals surface area contributed by atoms with Gasteiger partial charge < -0.3 is 10.4 Å². The molecule has 1 amide bonds. The molecule has 0 spiro atoms. The van der Waals surface area contributed by atoms with E-state index in [4.69, 9.17) is 5.11 Å². The smallest absolute Gasteiger partial charge is 0.417 e. The van der Waals surface area contributed by atoms with E-state index in [1.165, 1.54) is 37.6 Å². The van der Waals surface area contributed by atoms with Gasteiger partial charge in [0.1, 0.15) is 0 Å². The van der Waals surface area contributed by atoms with E-state index >= 15 is 0 Å². The Hall–Kier alpha value is -2.93. The van der Waals surface area contributed by atoms with Crippen molar-refractivity contribution in [2.75, 3.05) is 0 Å². The van der Waals surface area contributed by atoms with E-state index in [1.807, 2.05) is 0 Å². The summed E-state index contributed by atoms with van der Waals surface area (Å²) in [5.41, 5.74) is -1.95. The van der Waals surface area contributed by atoms with Crippen molar-refractivity contribution in [2.45, 2.75) is 94.9 Å². The summed E-state index contributed by atoms with van der Waals surface area (Å²) in [4.78, 5) is 23.2. The highest BCUT2D eigenvalue weighted by atomic mass is 32.2. The highest BCUT2D eigenvalue weighted by Crippen LogP contribution is 2.38. The minimum Gasteiger partial charge on any atom is -0.481 e. The summed E-state index contributed by atoms with van der Waals surface area (Å²) in [6.07, 6.45) is 0.680. The monoisotopic (exact) mass is 584 g/mol. The molecule has 0 saturated heterocycles. The van der Waals surface area contributed by atoms with Crippen LogP contribution >= 0.6 is 0 Å². The summed E-state index contributed by atoms with van der Waals surface area (Å²) >= 11 is 0. The Morgan fingerprint density at radius 2 is 1.73 bits per heavy atom. The second-order valence-corrected chi connectivity index (χ2v) is 13.5. The zero-order chi connectivity index (χ0) is 29.5. The molecule has 1 heterocycles. The quantitative estimate of drug-likeness (QED) is 0.408. The second kappa shape index (κ2) is 11.2. The van der Waals surface area contributed by atoms with Crippen molar-refractivity contribution in [3.8, 4) is 11.3 Å². The number of carboxylic acid groups (broad SMARTS) is 1. The van der Waals surface area contributed by atoms with Gasteiger partial charge in [0.05, 0.1) is 22.1 Å². The van der Waals surface area contributed by atoms with Gasteiger partial charge >= 0.3 is 12.1 Å². The SMILES string of the molecule is CC(C)(C)NS(=O)(=O)c1ccc(-c2cc(C(=O)NC3CC(C(=O)O)C3)nn2CC2CCCCC2)cc1C(F)(F)F. The molecule has 220 valence electrons. The third-order valence-corrected chi connectivity index (χ3v) is 9.12. The van der Waals surface area contributed by atoms with Crippen LogP contribution in [0.15, 0.2) is 29.2 Å². The van der Waals surface area contributed by atoms with Crippen LogP contribution < -0.4 is 10.0 Å². The van der Waals surface area contributed by atoms with Gasteiger partial charge in [0, 0.05) is 23.7 Å². The Balaban J connectivity index is 1.71. The van der Waals surface area contributed by atoms with Crippen LogP contribution in [0.4, 0.5) is 13.2 Å².